The van der Waals surface area contributed by atoms with E-state index in [1.807, 2.05) is 34.8 Å². The molecule has 0 aliphatic carbocycles. The van der Waals surface area contributed by atoms with Gasteiger partial charge in [0.2, 0.25) is 0 Å². The minimum Gasteiger partial charge on any atom is -0.455 e. The first-order valence-corrected chi connectivity index (χ1v) is 35.5. The summed E-state index contributed by atoms with van der Waals surface area (Å²) in [6.07, 6.45) is 0. The summed E-state index contributed by atoms with van der Waals surface area (Å²) < 4.78 is 9.04. The highest BCUT2D eigenvalue weighted by Crippen LogP contribution is 2.46. The fraction of sp³-hybridized carbons (Fsp3) is 0. The van der Waals surface area contributed by atoms with Gasteiger partial charge in [-0.25, -0.2) is 0 Å². The lowest BCUT2D eigenvalue weighted by atomic mass is 9.96. The number of fused-ring (bicyclic) bond motifs is 5. The standard InChI is InChI=1S/C94H63N3OS2/c1-4-17-64(18-5-1)65-33-47-79(48-34-65)97(81-55-41-69(42-56-81)85-28-15-29-87-86-26-11-12-30-89(86)98-94(85)87)80-53-39-68(40-54-80)72-20-14-21-73(61-72)84-27-16-32-91-88(84)63-93(100-91)71-45-59-83(60-46-71)96(76-24-8-3-9-25-76)78-51-37-67(38-52-78)66-35-49-77(50-36-66)95(75-22-6-2-7-23-75)82-57-43-70(44-58-82)92-62-74-19-10-13-31-90(74)99-92/h1-63H. The zero-order valence-electron chi connectivity index (χ0n) is 54.4. The molecule has 3 heterocycles. The maximum Gasteiger partial charge on any atom is 0.143 e. The summed E-state index contributed by atoms with van der Waals surface area (Å²) in [5.41, 5.74) is 25.6. The third kappa shape index (κ3) is 11.6. The molecule has 3 aromatic heterocycles. The first-order valence-electron chi connectivity index (χ1n) is 33.8. The molecule has 0 amide bonds. The van der Waals surface area contributed by atoms with Gasteiger partial charge in [0, 0.05) is 92.1 Å². The van der Waals surface area contributed by atoms with Gasteiger partial charge in [-0.15, -0.1) is 22.7 Å². The van der Waals surface area contributed by atoms with E-state index in [-0.39, 0.29) is 0 Å². The van der Waals surface area contributed by atoms with Crippen molar-refractivity contribution in [1.82, 2.24) is 0 Å². The van der Waals surface area contributed by atoms with Crippen LogP contribution in [0.15, 0.2) is 387 Å². The Morgan fingerprint density at radius 2 is 0.550 bits per heavy atom. The van der Waals surface area contributed by atoms with Gasteiger partial charge in [-0.1, -0.05) is 237 Å². The van der Waals surface area contributed by atoms with Crippen molar-refractivity contribution >= 4 is 116 Å². The molecule has 100 heavy (non-hydrogen) atoms. The molecule has 0 bridgehead atoms. The highest BCUT2D eigenvalue weighted by molar-refractivity contribution is 7.22. The van der Waals surface area contributed by atoms with Crippen LogP contribution in [0, 0.1) is 0 Å². The van der Waals surface area contributed by atoms with Crippen molar-refractivity contribution in [2.24, 2.45) is 0 Å². The quantitative estimate of drug-likeness (QED) is 0.0962. The summed E-state index contributed by atoms with van der Waals surface area (Å²) in [5.74, 6) is 0. The number of furan rings is 1. The Bertz CT molecular complexity index is 5880. The Balaban J connectivity index is 0.596. The van der Waals surface area contributed by atoms with Crippen molar-refractivity contribution in [3.8, 4) is 76.5 Å². The van der Waals surface area contributed by atoms with E-state index in [0.717, 1.165) is 107 Å². The minimum absolute atomic E-state index is 0.898. The van der Waals surface area contributed by atoms with Gasteiger partial charge in [-0.3, -0.25) is 0 Å². The van der Waals surface area contributed by atoms with E-state index in [0.29, 0.717) is 0 Å². The predicted molar refractivity (Wildman–Crippen MR) is 427 cm³/mol. The molecule has 0 fully saturated rings. The number of hydrogen-bond donors (Lipinski definition) is 0. The van der Waals surface area contributed by atoms with Gasteiger partial charge in [-0.2, -0.15) is 0 Å². The molecule has 0 saturated carbocycles. The third-order valence-electron chi connectivity index (χ3n) is 19.1. The van der Waals surface area contributed by atoms with Gasteiger partial charge in [0.1, 0.15) is 11.2 Å². The lowest BCUT2D eigenvalue weighted by molar-refractivity contribution is 0.670. The summed E-state index contributed by atoms with van der Waals surface area (Å²) in [6.45, 7) is 0. The van der Waals surface area contributed by atoms with Crippen LogP contribution >= 0.6 is 22.7 Å². The lowest BCUT2D eigenvalue weighted by Crippen LogP contribution is -2.10. The SMILES string of the molecule is c1ccc(-c2ccc(N(c3ccc(-c4cccc(-c5cccc6sc(-c7ccc(N(c8ccccc8)c8ccc(-c9ccc(N(c%10ccccc%10)c%10ccc(-c%11cc%12ccccc%12s%11)cc%10)cc9)cc8)cc7)cc56)c4)cc3)c3ccc(-c4cccc5c4oc4ccccc45)cc3)cc2)cc1. The second-order valence-electron chi connectivity index (χ2n) is 25.2. The molecule has 15 aromatic carbocycles. The third-order valence-corrected chi connectivity index (χ3v) is 21.4. The van der Waals surface area contributed by atoms with Crippen LogP contribution in [0.3, 0.4) is 0 Å². The molecule has 0 spiro atoms. The normalized spacial score (nSPS) is 11.4. The number of hydrogen-bond acceptors (Lipinski definition) is 6. The number of para-hydroxylation sites is 4. The van der Waals surface area contributed by atoms with Crippen molar-refractivity contribution in [3.63, 3.8) is 0 Å². The van der Waals surface area contributed by atoms with E-state index in [9.17, 15) is 0 Å². The van der Waals surface area contributed by atoms with Crippen molar-refractivity contribution in [1.29, 1.82) is 0 Å². The van der Waals surface area contributed by atoms with Gasteiger partial charge in [0.05, 0.1) is 0 Å². The Kier molecular flexibility index (Phi) is 15.6. The molecule has 0 saturated heterocycles. The average Bonchev–Trinajstić information content (AvgIpc) is 1.53. The van der Waals surface area contributed by atoms with Crippen molar-refractivity contribution in [3.05, 3.63) is 382 Å². The van der Waals surface area contributed by atoms with E-state index in [1.54, 1.807) is 0 Å². The fourth-order valence-corrected chi connectivity index (χ4v) is 16.3. The van der Waals surface area contributed by atoms with Crippen LogP contribution < -0.4 is 14.7 Å². The van der Waals surface area contributed by atoms with Crippen molar-refractivity contribution in [2.45, 2.75) is 0 Å². The van der Waals surface area contributed by atoms with E-state index in [2.05, 4.69) is 385 Å². The van der Waals surface area contributed by atoms with Crippen LogP contribution in [0.25, 0.3) is 119 Å². The predicted octanol–water partition coefficient (Wildman–Crippen LogP) is 28.1. The minimum atomic E-state index is 0.898. The van der Waals surface area contributed by atoms with Crippen molar-refractivity contribution in [2.75, 3.05) is 14.7 Å². The first kappa shape index (κ1) is 59.9. The number of nitrogens with zero attached hydrogens (tertiary/aromatic N) is 3. The lowest BCUT2D eigenvalue weighted by Gasteiger charge is -2.26. The molecule has 18 aromatic rings. The largest absolute Gasteiger partial charge is 0.455 e. The van der Waals surface area contributed by atoms with E-state index in [4.69, 9.17) is 4.42 Å². The van der Waals surface area contributed by atoms with Gasteiger partial charge in [-0.05, 0) is 212 Å². The molecule has 0 unspecified atom stereocenters. The summed E-state index contributed by atoms with van der Waals surface area (Å²) >= 11 is 3.68. The van der Waals surface area contributed by atoms with Gasteiger partial charge in [0.25, 0.3) is 0 Å². The summed E-state index contributed by atoms with van der Waals surface area (Å²) in [7, 11) is 0. The van der Waals surface area contributed by atoms with Gasteiger partial charge >= 0.3 is 0 Å². The zero-order chi connectivity index (χ0) is 66.3. The summed E-state index contributed by atoms with van der Waals surface area (Å²) in [6, 6.07) is 138. The molecule has 0 aliphatic heterocycles. The molecule has 0 N–H and O–H groups in total. The molecule has 472 valence electrons. The smallest absolute Gasteiger partial charge is 0.143 e. The second-order valence-corrected chi connectivity index (χ2v) is 27.4. The monoisotopic (exact) mass is 1310 g/mol. The van der Waals surface area contributed by atoms with Crippen LogP contribution in [0.2, 0.25) is 0 Å². The molecular weight excluding hydrogens is 1250 g/mol. The van der Waals surface area contributed by atoms with Gasteiger partial charge < -0.3 is 19.1 Å². The molecule has 0 aliphatic rings. The van der Waals surface area contributed by atoms with E-state index < -0.39 is 0 Å². The van der Waals surface area contributed by atoms with Gasteiger partial charge in [0.15, 0.2) is 0 Å². The Hall–Kier alpha value is -12.6. The number of thiophene rings is 2. The molecule has 4 nitrogen and oxygen atoms in total. The number of benzene rings is 15. The van der Waals surface area contributed by atoms with Crippen LogP contribution in [0.4, 0.5) is 51.2 Å². The maximum atomic E-state index is 6.48. The van der Waals surface area contributed by atoms with Crippen molar-refractivity contribution < 1.29 is 4.42 Å². The molecule has 0 radical (unpaired) electrons. The first-order chi connectivity index (χ1) is 49.5. The van der Waals surface area contributed by atoms with Crippen LogP contribution in [-0.2, 0) is 0 Å². The molecule has 6 heteroatoms. The van der Waals surface area contributed by atoms with Crippen LogP contribution in [0.5, 0.6) is 0 Å². The Morgan fingerprint density at radius 1 is 0.200 bits per heavy atom. The van der Waals surface area contributed by atoms with Crippen LogP contribution in [-0.4, -0.2) is 0 Å². The Labute approximate surface area is 589 Å². The highest BCUT2D eigenvalue weighted by Gasteiger charge is 2.20. The van der Waals surface area contributed by atoms with E-state index >= 15 is 0 Å². The number of anilines is 9. The number of rotatable bonds is 16. The summed E-state index contributed by atoms with van der Waals surface area (Å²) in [4.78, 5) is 9.52. The molecule has 0 atom stereocenters. The molecular formula is C94H63N3OS2. The average molecular weight is 1310 g/mol. The maximum absolute atomic E-state index is 6.48. The summed E-state index contributed by atoms with van der Waals surface area (Å²) in [5, 5.41) is 4.78. The zero-order valence-corrected chi connectivity index (χ0v) is 56.1. The van der Waals surface area contributed by atoms with E-state index in [1.165, 1.54) is 63.3 Å². The topological polar surface area (TPSA) is 22.9 Å². The highest BCUT2D eigenvalue weighted by atomic mass is 32.1. The fourth-order valence-electron chi connectivity index (χ4n) is 14.1. The van der Waals surface area contributed by atoms with Crippen LogP contribution in [0.1, 0.15) is 0 Å². The Morgan fingerprint density at radius 3 is 1.08 bits per heavy atom. The second kappa shape index (κ2) is 26.1. The molecule has 18 rings (SSSR count).